The number of halogens is 1. The number of amides is 2. The average molecular weight is 482 g/mol. The van der Waals surface area contributed by atoms with Crippen molar-refractivity contribution in [1.29, 1.82) is 0 Å². The summed E-state index contributed by atoms with van der Waals surface area (Å²) >= 11 is 0. The smallest absolute Gasteiger partial charge is 0.255 e. The Morgan fingerprint density at radius 1 is 0.889 bits per heavy atom. The Morgan fingerprint density at radius 2 is 1.58 bits per heavy atom. The normalized spacial score (nSPS) is 15.0. The molecule has 1 unspecified atom stereocenters. The van der Waals surface area contributed by atoms with Gasteiger partial charge in [0.1, 0.15) is 5.82 Å². The molecule has 5 rings (SSSR count). The summed E-state index contributed by atoms with van der Waals surface area (Å²) in [7, 11) is 0. The summed E-state index contributed by atoms with van der Waals surface area (Å²) in [5, 5.41) is 2.96. The molecule has 1 aliphatic heterocycles. The van der Waals surface area contributed by atoms with E-state index in [1.54, 1.807) is 17.0 Å². The predicted octanol–water partition coefficient (Wildman–Crippen LogP) is 4.18. The second kappa shape index (κ2) is 9.95. The van der Waals surface area contributed by atoms with E-state index in [0.29, 0.717) is 36.2 Å². The minimum absolute atomic E-state index is 0.0710. The summed E-state index contributed by atoms with van der Waals surface area (Å²) in [5.74, 6) is -0.940. The van der Waals surface area contributed by atoms with Crippen LogP contribution in [0, 0.1) is 5.95 Å². The Hall–Kier alpha value is -4.59. The minimum atomic E-state index is -0.590. The van der Waals surface area contributed by atoms with Gasteiger partial charge in [0.2, 0.25) is 5.95 Å². The zero-order valence-electron chi connectivity index (χ0n) is 19.4. The van der Waals surface area contributed by atoms with Crippen LogP contribution < -0.4 is 11.1 Å². The number of likely N-dealkylation sites (tertiary alicyclic amines) is 1. The molecule has 0 aliphatic carbocycles. The molecule has 3 N–H and O–H groups in total. The molecule has 2 aromatic carbocycles. The molecule has 8 heteroatoms. The van der Waals surface area contributed by atoms with E-state index in [0.717, 1.165) is 11.1 Å². The van der Waals surface area contributed by atoms with Gasteiger partial charge in [0.05, 0.1) is 5.56 Å². The molecule has 1 saturated heterocycles. The number of carbonyl (C=O) groups is 2. The van der Waals surface area contributed by atoms with Gasteiger partial charge in [-0.3, -0.25) is 9.59 Å². The van der Waals surface area contributed by atoms with Crippen LogP contribution in [0.4, 0.5) is 10.2 Å². The summed E-state index contributed by atoms with van der Waals surface area (Å²) in [6.07, 6.45) is 3.52. The van der Waals surface area contributed by atoms with E-state index in [-0.39, 0.29) is 29.2 Å². The first-order valence-electron chi connectivity index (χ1n) is 11.6. The van der Waals surface area contributed by atoms with Crippen molar-refractivity contribution in [1.82, 2.24) is 20.2 Å². The Morgan fingerprint density at radius 3 is 2.31 bits per heavy atom. The molecule has 0 bridgehead atoms. The number of nitrogens with zero attached hydrogens (tertiary/aromatic N) is 3. The van der Waals surface area contributed by atoms with Gasteiger partial charge in [-0.2, -0.15) is 4.39 Å². The van der Waals surface area contributed by atoms with Gasteiger partial charge in [-0.1, -0.05) is 42.5 Å². The first-order valence-corrected chi connectivity index (χ1v) is 11.6. The maximum Gasteiger partial charge on any atom is 0.255 e. The van der Waals surface area contributed by atoms with Crippen molar-refractivity contribution in [3.8, 4) is 22.3 Å². The number of anilines is 1. The van der Waals surface area contributed by atoms with E-state index in [2.05, 4.69) is 15.3 Å². The van der Waals surface area contributed by atoms with E-state index in [1.165, 1.54) is 18.5 Å². The SMILES string of the molecule is Nc1ncc(-c2ccc(F)nc2)cc1C(=O)NC1CCN(C(=O)c2ccc(-c3ccccc3)cc2)C1. The number of nitrogens with one attached hydrogen (secondary N) is 1. The van der Waals surface area contributed by atoms with Crippen molar-refractivity contribution < 1.29 is 14.0 Å². The van der Waals surface area contributed by atoms with Crippen molar-refractivity contribution in [3.63, 3.8) is 0 Å². The number of carbonyl (C=O) groups excluding carboxylic acids is 2. The highest BCUT2D eigenvalue weighted by atomic mass is 19.1. The number of hydrogen-bond donors (Lipinski definition) is 2. The van der Waals surface area contributed by atoms with E-state index in [1.807, 2.05) is 54.6 Å². The van der Waals surface area contributed by atoms with Crippen LogP contribution in [-0.4, -0.2) is 45.8 Å². The second-order valence-corrected chi connectivity index (χ2v) is 8.68. The van der Waals surface area contributed by atoms with Crippen LogP contribution in [-0.2, 0) is 0 Å². The van der Waals surface area contributed by atoms with E-state index >= 15 is 0 Å². The highest BCUT2D eigenvalue weighted by molar-refractivity contribution is 6.00. The van der Waals surface area contributed by atoms with Gasteiger partial charge < -0.3 is 16.0 Å². The van der Waals surface area contributed by atoms with Gasteiger partial charge in [-0.25, -0.2) is 9.97 Å². The average Bonchev–Trinajstić information content (AvgIpc) is 3.38. The maximum atomic E-state index is 13.1. The van der Waals surface area contributed by atoms with Crippen LogP contribution in [0.5, 0.6) is 0 Å². The fourth-order valence-corrected chi connectivity index (χ4v) is 4.31. The predicted molar refractivity (Wildman–Crippen MR) is 135 cm³/mol. The molecule has 0 spiro atoms. The first kappa shape index (κ1) is 23.2. The maximum absolute atomic E-state index is 13.1. The van der Waals surface area contributed by atoms with Crippen LogP contribution in [0.25, 0.3) is 22.3 Å². The molecule has 1 aliphatic rings. The number of nitrogens with two attached hydrogens (primary N) is 1. The molecule has 7 nitrogen and oxygen atoms in total. The largest absolute Gasteiger partial charge is 0.383 e. The summed E-state index contributed by atoms with van der Waals surface area (Å²) in [6.45, 7) is 0.944. The second-order valence-electron chi connectivity index (χ2n) is 8.68. The lowest BCUT2D eigenvalue weighted by atomic mass is 10.0. The Labute approximate surface area is 207 Å². The van der Waals surface area contributed by atoms with E-state index in [4.69, 9.17) is 5.73 Å². The summed E-state index contributed by atoms with van der Waals surface area (Å²) < 4.78 is 13.1. The van der Waals surface area contributed by atoms with Crippen molar-refractivity contribution in [2.45, 2.75) is 12.5 Å². The van der Waals surface area contributed by atoms with Crippen LogP contribution in [0.2, 0.25) is 0 Å². The molecule has 0 radical (unpaired) electrons. The number of benzene rings is 2. The summed E-state index contributed by atoms with van der Waals surface area (Å²) in [4.78, 5) is 35.5. The quantitative estimate of drug-likeness (QED) is 0.417. The standard InChI is InChI=1S/C28H24FN5O2/c29-25-11-10-21(15-31-25)22-14-24(26(30)32-16-22)27(35)33-23-12-13-34(17-23)28(36)20-8-6-19(7-9-20)18-4-2-1-3-5-18/h1-11,14-16,23H,12-13,17H2,(H2,30,32)(H,33,35). The van der Waals surface area contributed by atoms with E-state index < -0.39 is 5.95 Å². The molecule has 4 aromatic rings. The van der Waals surface area contributed by atoms with E-state index in [9.17, 15) is 14.0 Å². The van der Waals surface area contributed by atoms with Crippen molar-refractivity contribution in [2.24, 2.45) is 0 Å². The van der Waals surface area contributed by atoms with Gasteiger partial charge in [0.25, 0.3) is 11.8 Å². The topological polar surface area (TPSA) is 101 Å². The first-order chi connectivity index (χ1) is 17.5. The third-order valence-electron chi connectivity index (χ3n) is 6.27. The Balaban J connectivity index is 1.23. The van der Waals surface area contributed by atoms with Crippen LogP contribution >= 0.6 is 0 Å². The zero-order valence-corrected chi connectivity index (χ0v) is 19.4. The zero-order chi connectivity index (χ0) is 25.1. The molecule has 2 amide bonds. The Kier molecular flexibility index (Phi) is 6.40. The molecular formula is C28H24FN5O2. The molecule has 180 valence electrons. The summed E-state index contributed by atoms with van der Waals surface area (Å²) in [6, 6.07) is 21.7. The Bertz CT molecular complexity index is 1390. The summed E-state index contributed by atoms with van der Waals surface area (Å²) in [5.41, 5.74) is 10.1. The van der Waals surface area contributed by atoms with Gasteiger partial charge in [-0.15, -0.1) is 0 Å². The molecular weight excluding hydrogens is 457 g/mol. The molecule has 3 heterocycles. The molecule has 1 atom stereocenters. The number of hydrogen-bond acceptors (Lipinski definition) is 5. The number of aromatic nitrogens is 2. The lowest BCUT2D eigenvalue weighted by molar-refractivity contribution is 0.0783. The van der Waals surface area contributed by atoms with Crippen molar-refractivity contribution in [3.05, 3.63) is 102 Å². The lowest BCUT2D eigenvalue weighted by Gasteiger charge is -2.18. The number of rotatable bonds is 5. The third kappa shape index (κ3) is 4.93. The molecule has 0 saturated carbocycles. The van der Waals surface area contributed by atoms with Crippen molar-refractivity contribution >= 4 is 17.6 Å². The highest BCUT2D eigenvalue weighted by Crippen LogP contribution is 2.23. The number of nitrogen functional groups attached to an aromatic ring is 1. The molecule has 36 heavy (non-hydrogen) atoms. The van der Waals surface area contributed by atoms with Gasteiger partial charge >= 0.3 is 0 Å². The van der Waals surface area contributed by atoms with Gasteiger partial charge in [-0.05, 0) is 47.9 Å². The van der Waals surface area contributed by atoms with Gasteiger partial charge in [0, 0.05) is 48.2 Å². The lowest BCUT2D eigenvalue weighted by Crippen LogP contribution is -2.38. The van der Waals surface area contributed by atoms with Crippen molar-refractivity contribution in [2.75, 3.05) is 18.8 Å². The molecule has 2 aromatic heterocycles. The fraction of sp³-hybridized carbons (Fsp3) is 0.143. The minimum Gasteiger partial charge on any atom is -0.383 e. The number of pyridine rings is 2. The monoisotopic (exact) mass is 481 g/mol. The van der Waals surface area contributed by atoms with Crippen LogP contribution in [0.1, 0.15) is 27.1 Å². The molecule has 1 fully saturated rings. The highest BCUT2D eigenvalue weighted by Gasteiger charge is 2.29. The van der Waals surface area contributed by atoms with Crippen LogP contribution in [0.3, 0.4) is 0 Å². The third-order valence-corrected chi connectivity index (χ3v) is 6.27. The van der Waals surface area contributed by atoms with Gasteiger partial charge in [0.15, 0.2) is 0 Å². The fourth-order valence-electron chi connectivity index (χ4n) is 4.31. The van der Waals surface area contributed by atoms with Crippen LogP contribution in [0.15, 0.2) is 85.2 Å².